The molecule has 116 valence electrons. The van der Waals surface area contributed by atoms with Gasteiger partial charge in [-0.15, -0.1) is 0 Å². The number of carbonyl (C=O) groups is 1. The molecule has 1 heterocycles. The highest BCUT2D eigenvalue weighted by molar-refractivity contribution is 5.79. The van der Waals surface area contributed by atoms with Gasteiger partial charge in [-0.1, -0.05) is 19.8 Å². The van der Waals surface area contributed by atoms with Gasteiger partial charge in [0.25, 0.3) is 0 Å². The lowest BCUT2D eigenvalue weighted by Gasteiger charge is -2.35. The average molecular weight is 281 g/mol. The van der Waals surface area contributed by atoms with Crippen LogP contribution in [0.1, 0.15) is 52.4 Å². The highest BCUT2D eigenvalue weighted by Gasteiger charge is 2.32. The molecule has 20 heavy (non-hydrogen) atoms. The number of rotatable bonds is 4. The van der Waals surface area contributed by atoms with Gasteiger partial charge in [-0.2, -0.15) is 0 Å². The van der Waals surface area contributed by atoms with Crippen molar-refractivity contribution < 1.29 is 4.79 Å². The molecule has 0 aromatic heterocycles. The van der Waals surface area contributed by atoms with Crippen molar-refractivity contribution in [3.05, 3.63) is 0 Å². The van der Waals surface area contributed by atoms with Crippen LogP contribution < -0.4 is 11.1 Å². The largest absolute Gasteiger partial charge is 0.354 e. The Bertz CT molecular complexity index is 315. The van der Waals surface area contributed by atoms with Crippen molar-refractivity contribution in [3.63, 3.8) is 0 Å². The molecule has 2 fully saturated rings. The van der Waals surface area contributed by atoms with Crippen LogP contribution >= 0.6 is 0 Å². The Morgan fingerprint density at radius 1 is 1.25 bits per heavy atom. The fourth-order valence-corrected chi connectivity index (χ4v) is 3.64. The second-order valence-corrected chi connectivity index (χ2v) is 6.75. The van der Waals surface area contributed by atoms with Crippen LogP contribution in [0.4, 0.5) is 0 Å². The lowest BCUT2D eigenvalue weighted by molar-refractivity contribution is -0.128. The van der Waals surface area contributed by atoms with Gasteiger partial charge < -0.3 is 11.1 Å². The first-order chi connectivity index (χ1) is 9.59. The van der Waals surface area contributed by atoms with Crippen LogP contribution in [0.2, 0.25) is 0 Å². The monoisotopic (exact) mass is 281 g/mol. The maximum Gasteiger partial charge on any atom is 0.223 e. The summed E-state index contributed by atoms with van der Waals surface area (Å²) < 4.78 is 0. The number of nitrogens with zero attached hydrogens (tertiary/aromatic N) is 1. The van der Waals surface area contributed by atoms with E-state index in [1.54, 1.807) is 0 Å². The molecule has 1 saturated heterocycles. The lowest BCUT2D eigenvalue weighted by Crippen LogP contribution is -2.48. The van der Waals surface area contributed by atoms with Crippen molar-refractivity contribution in [3.8, 4) is 0 Å². The first kappa shape index (κ1) is 15.8. The van der Waals surface area contributed by atoms with Gasteiger partial charge in [-0.3, -0.25) is 9.69 Å². The summed E-state index contributed by atoms with van der Waals surface area (Å²) in [4.78, 5) is 14.9. The van der Waals surface area contributed by atoms with Crippen LogP contribution in [-0.4, -0.2) is 42.5 Å². The molecule has 0 spiro atoms. The van der Waals surface area contributed by atoms with Crippen molar-refractivity contribution >= 4 is 5.91 Å². The van der Waals surface area contributed by atoms with Crippen LogP contribution in [0.5, 0.6) is 0 Å². The SMILES string of the molecule is CC1C(N)CCCC1C(=O)NCC(C)N1CCCCC1. The Morgan fingerprint density at radius 3 is 2.65 bits per heavy atom. The molecule has 3 N–H and O–H groups in total. The first-order valence-corrected chi connectivity index (χ1v) is 8.37. The number of nitrogens with one attached hydrogen (secondary N) is 1. The minimum atomic E-state index is 0.118. The predicted octanol–water partition coefficient (Wildman–Crippen LogP) is 1.74. The van der Waals surface area contributed by atoms with E-state index in [-0.39, 0.29) is 17.9 Å². The molecule has 4 unspecified atom stereocenters. The van der Waals surface area contributed by atoms with Crippen molar-refractivity contribution in [1.29, 1.82) is 0 Å². The Kier molecular flexibility index (Phi) is 5.85. The Morgan fingerprint density at radius 2 is 1.95 bits per heavy atom. The van der Waals surface area contributed by atoms with Crippen LogP contribution in [0.25, 0.3) is 0 Å². The van der Waals surface area contributed by atoms with Crippen LogP contribution in [0.3, 0.4) is 0 Å². The molecule has 4 heteroatoms. The number of carbonyl (C=O) groups excluding carboxylic acids is 1. The molecule has 0 bridgehead atoms. The first-order valence-electron chi connectivity index (χ1n) is 8.37. The van der Waals surface area contributed by atoms with E-state index in [1.807, 2.05) is 0 Å². The second kappa shape index (κ2) is 7.41. The second-order valence-electron chi connectivity index (χ2n) is 6.75. The Balaban J connectivity index is 1.76. The molecule has 1 aliphatic heterocycles. The smallest absolute Gasteiger partial charge is 0.223 e. The van der Waals surface area contributed by atoms with Gasteiger partial charge in [0.15, 0.2) is 0 Å². The molecule has 1 saturated carbocycles. The van der Waals surface area contributed by atoms with Gasteiger partial charge in [-0.25, -0.2) is 0 Å². The number of hydrogen-bond donors (Lipinski definition) is 2. The molecule has 1 aliphatic carbocycles. The zero-order valence-electron chi connectivity index (χ0n) is 13.1. The van der Waals surface area contributed by atoms with Gasteiger partial charge in [-0.05, 0) is 51.6 Å². The maximum atomic E-state index is 12.4. The normalized spacial score (nSPS) is 33.6. The van der Waals surface area contributed by atoms with Crippen molar-refractivity contribution in [2.45, 2.75) is 64.5 Å². The van der Waals surface area contributed by atoms with Crippen molar-refractivity contribution in [2.75, 3.05) is 19.6 Å². The fraction of sp³-hybridized carbons (Fsp3) is 0.938. The zero-order chi connectivity index (χ0) is 14.5. The quantitative estimate of drug-likeness (QED) is 0.825. The molecule has 4 nitrogen and oxygen atoms in total. The average Bonchev–Trinajstić information content (AvgIpc) is 2.48. The number of likely N-dealkylation sites (tertiary alicyclic amines) is 1. The zero-order valence-corrected chi connectivity index (χ0v) is 13.1. The highest BCUT2D eigenvalue weighted by Crippen LogP contribution is 2.29. The Hall–Kier alpha value is -0.610. The van der Waals surface area contributed by atoms with Gasteiger partial charge in [0.1, 0.15) is 0 Å². The van der Waals surface area contributed by atoms with Crippen LogP contribution in [-0.2, 0) is 4.79 Å². The fourth-order valence-electron chi connectivity index (χ4n) is 3.64. The highest BCUT2D eigenvalue weighted by atomic mass is 16.1. The van der Waals surface area contributed by atoms with Gasteiger partial charge in [0.05, 0.1) is 0 Å². The standard InChI is InChI=1S/C16H31N3O/c1-12(19-9-4-3-5-10-19)11-18-16(20)14-7-6-8-15(17)13(14)2/h12-15H,3-11,17H2,1-2H3,(H,18,20). The van der Waals surface area contributed by atoms with Crippen LogP contribution in [0.15, 0.2) is 0 Å². The van der Waals surface area contributed by atoms with E-state index in [2.05, 4.69) is 24.1 Å². The summed E-state index contributed by atoms with van der Waals surface area (Å²) in [5.41, 5.74) is 6.09. The minimum absolute atomic E-state index is 0.118. The number of hydrogen-bond acceptors (Lipinski definition) is 3. The summed E-state index contributed by atoms with van der Waals surface area (Å²) in [7, 11) is 0. The van der Waals surface area contributed by atoms with E-state index in [4.69, 9.17) is 5.73 Å². The topological polar surface area (TPSA) is 58.4 Å². The molecule has 0 aromatic rings. The van der Waals surface area contributed by atoms with Crippen molar-refractivity contribution in [1.82, 2.24) is 10.2 Å². The predicted molar refractivity (Wildman–Crippen MR) is 82.4 cm³/mol. The third kappa shape index (κ3) is 3.95. The number of piperidine rings is 1. The van der Waals surface area contributed by atoms with E-state index >= 15 is 0 Å². The lowest BCUT2D eigenvalue weighted by atomic mass is 9.77. The summed E-state index contributed by atoms with van der Waals surface area (Å²) in [6.45, 7) is 7.49. The van der Waals surface area contributed by atoms with Gasteiger partial charge in [0, 0.05) is 24.5 Å². The summed E-state index contributed by atoms with van der Waals surface area (Å²) in [6, 6.07) is 0.644. The third-order valence-corrected chi connectivity index (χ3v) is 5.29. The molecular weight excluding hydrogens is 250 g/mol. The minimum Gasteiger partial charge on any atom is -0.354 e. The van der Waals surface area contributed by atoms with E-state index in [9.17, 15) is 4.79 Å². The van der Waals surface area contributed by atoms with E-state index in [1.165, 1.54) is 32.4 Å². The van der Waals surface area contributed by atoms with Crippen molar-refractivity contribution in [2.24, 2.45) is 17.6 Å². The number of nitrogens with two attached hydrogens (primary N) is 1. The van der Waals surface area contributed by atoms with Gasteiger partial charge in [0.2, 0.25) is 5.91 Å². The molecule has 0 aromatic carbocycles. The maximum absolute atomic E-state index is 12.4. The summed E-state index contributed by atoms with van der Waals surface area (Å²) in [6.07, 6.45) is 7.10. The summed E-state index contributed by atoms with van der Waals surface area (Å²) >= 11 is 0. The Labute approximate surface area is 123 Å². The molecule has 2 rings (SSSR count). The van der Waals surface area contributed by atoms with Gasteiger partial charge >= 0.3 is 0 Å². The number of amides is 1. The van der Waals surface area contributed by atoms with Crippen LogP contribution in [0, 0.1) is 11.8 Å². The molecule has 2 aliphatic rings. The summed E-state index contributed by atoms with van der Waals surface area (Å²) in [5.74, 6) is 0.651. The molecular formula is C16H31N3O. The summed E-state index contributed by atoms with van der Waals surface area (Å²) in [5, 5.41) is 3.16. The van der Waals surface area contributed by atoms with E-state index in [0.29, 0.717) is 12.0 Å². The van der Waals surface area contributed by atoms with E-state index in [0.717, 1.165) is 25.8 Å². The molecule has 1 amide bonds. The molecule has 4 atom stereocenters. The molecule has 0 radical (unpaired) electrons. The third-order valence-electron chi connectivity index (χ3n) is 5.29. The van der Waals surface area contributed by atoms with E-state index < -0.39 is 0 Å².